The molecule has 0 aliphatic carbocycles. The molecule has 25 N–H and O–H groups in total. The predicted molar refractivity (Wildman–Crippen MR) is 484 cm³/mol. The van der Waals surface area contributed by atoms with Gasteiger partial charge in [0.1, 0.15) is 152 Å². The van der Waals surface area contributed by atoms with Crippen LogP contribution < -0.4 is 68.0 Å². The van der Waals surface area contributed by atoms with Gasteiger partial charge in [-0.15, -0.1) is 0 Å². The Morgan fingerprint density at radius 2 is 0.615 bits per heavy atom. The fraction of sp³-hybridized carbons (Fsp3) is 0.522. The molecule has 72 nitrogen and oxygen atoms in total. The molecule has 0 aromatic carbocycles. The van der Waals surface area contributed by atoms with E-state index in [9.17, 15) is 105 Å². The van der Waals surface area contributed by atoms with Crippen molar-refractivity contribution >= 4 is 146 Å². The minimum Gasteiger partial charge on any atom is -0.390 e. The van der Waals surface area contributed by atoms with Crippen LogP contribution >= 0.6 is 54.8 Å². The third-order valence-corrected chi connectivity index (χ3v) is 30.6. The summed E-state index contributed by atoms with van der Waals surface area (Å²) in [6, 6.07) is 1.20. The Balaban J connectivity index is 0.539. The lowest BCUT2D eigenvalue weighted by Crippen LogP contribution is -2.33. The normalized spacial score (nSPS) is 29.0. The van der Waals surface area contributed by atoms with Crippen molar-refractivity contribution in [1.82, 2.24) is 117 Å². The van der Waals surface area contributed by atoms with E-state index in [1.807, 2.05) is 0 Å². The number of nitrogen functional groups attached to an aromatic ring is 6. The molecule has 19 heterocycles. The number of nitrogens with zero attached hydrogens (tertiary/aromatic N) is 20. The Morgan fingerprint density at radius 1 is 0.338 bits per heavy atom. The third-order valence-electron chi connectivity index (χ3n) is 24.0. The number of rotatable bonds is 40. The molecule has 7 aliphatic heterocycles. The lowest BCUT2D eigenvalue weighted by Gasteiger charge is -2.26. The second kappa shape index (κ2) is 41.3. The van der Waals surface area contributed by atoms with Gasteiger partial charge < -0.3 is 112 Å². The van der Waals surface area contributed by atoms with Crippen LogP contribution in [0.1, 0.15) is 94.1 Å². The number of H-pyrrole nitrogens is 4. The molecule has 6 unspecified atom stereocenters. The van der Waals surface area contributed by atoms with Crippen LogP contribution in [0, 0.1) is 6.92 Å². The second-order valence-electron chi connectivity index (χ2n) is 33.9. The average molecular weight is 2230 g/mol. The number of fused-ring (bicyclic) bond motifs is 5. The van der Waals surface area contributed by atoms with Gasteiger partial charge >= 0.3 is 66.1 Å². The summed E-state index contributed by atoms with van der Waals surface area (Å²) in [7, 11) is -38.9. The number of phosphoric acid groups is 7. The van der Waals surface area contributed by atoms with Gasteiger partial charge in [0.05, 0.1) is 84.0 Å². The molecule has 12 aromatic heterocycles. The molecular formula is C69H87N30O42P7. The van der Waals surface area contributed by atoms with Gasteiger partial charge in [-0.2, -0.15) is 19.9 Å². The van der Waals surface area contributed by atoms with Crippen molar-refractivity contribution in [2.24, 2.45) is 0 Å². The molecule has 800 valence electrons. The van der Waals surface area contributed by atoms with E-state index in [2.05, 4.69) is 89.3 Å². The average Bonchev–Trinajstić information content (AvgIpc) is 1.61. The number of nitrogens with two attached hydrogens (primary N) is 6. The van der Waals surface area contributed by atoms with Crippen LogP contribution in [0.4, 0.5) is 35.3 Å². The molecular weight excluding hydrogens is 2140 g/mol. The van der Waals surface area contributed by atoms with E-state index in [4.69, 9.17) is 122 Å². The maximum absolute atomic E-state index is 14.7. The number of phosphoric ester groups is 7. The van der Waals surface area contributed by atoms with E-state index in [-0.39, 0.29) is 97.2 Å². The second-order valence-corrected chi connectivity index (χ2v) is 43.5. The van der Waals surface area contributed by atoms with Gasteiger partial charge in [0.25, 0.3) is 22.2 Å². The Morgan fingerprint density at radius 3 is 0.932 bits per heavy atom. The Hall–Kier alpha value is -11.0. The Kier molecular flexibility index (Phi) is 29.4. The first-order chi connectivity index (χ1) is 70.0. The van der Waals surface area contributed by atoms with Crippen molar-refractivity contribution in [3.63, 3.8) is 0 Å². The van der Waals surface area contributed by atoms with Crippen LogP contribution in [0.15, 0.2) is 91.5 Å². The van der Waals surface area contributed by atoms with Gasteiger partial charge in [0.15, 0.2) is 56.4 Å². The maximum Gasteiger partial charge on any atom is 0.472 e. The van der Waals surface area contributed by atoms with Gasteiger partial charge in [0, 0.05) is 62.9 Å². The summed E-state index contributed by atoms with van der Waals surface area (Å²) in [6.45, 7) is -6.21. The highest BCUT2D eigenvalue weighted by atomic mass is 31.2. The third kappa shape index (κ3) is 23.2. The number of aromatic amines is 4. The lowest BCUT2D eigenvalue weighted by atomic mass is 10.2. The Bertz CT molecular complexity index is 7830. The van der Waals surface area contributed by atoms with E-state index in [0.29, 0.717) is 0 Å². The smallest absolute Gasteiger partial charge is 0.390 e. The zero-order chi connectivity index (χ0) is 105. The van der Waals surface area contributed by atoms with E-state index in [0.717, 1.165) is 56.0 Å². The summed E-state index contributed by atoms with van der Waals surface area (Å²) >= 11 is 0. The highest BCUT2D eigenvalue weighted by Gasteiger charge is 2.54. The highest BCUT2D eigenvalue weighted by Crippen LogP contribution is 2.58. The molecule has 79 heteroatoms. The molecule has 7 aliphatic rings. The van der Waals surface area contributed by atoms with Crippen molar-refractivity contribution in [2.75, 3.05) is 80.7 Å². The molecule has 0 saturated carbocycles. The molecule has 148 heavy (non-hydrogen) atoms. The number of hydrogen-bond acceptors (Lipinski definition) is 53. The minimum atomic E-state index is -5.71. The molecule has 0 radical (unpaired) electrons. The van der Waals surface area contributed by atoms with Crippen molar-refractivity contribution in [1.29, 1.82) is 0 Å². The summed E-state index contributed by atoms with van der Waals surface area (Å²) in [5, 5.41) is 11.0. The van der Waals surface area contributed by atoms with Gasteiger partial charge in [-0.3, -0.25) is 130 Å². The van der Waals surface area contributed by atoms with E-state index >= 15 is 0 Å². The number of aliphatic hydroxyl groups excluding tert-OH is 1. The van der Waals surface area contributed by atoms with Crippen molar-refractivity contribution < 1.29 is 168 Å². The molecule has 27 atom stereocenters. The number of imidazole rings is 5. The van der Waals surface area contributed by atoms with Gasteiger partial charge in [0.2, 0.25) is 17.8 Å². The topological polar surface area (TPSA) is 1010 Å². The fourth-order valence-corrected chi connectivity index (χ4v) is 23.4. The monoisotopic (exact) mass is 2220 g/mol. The maximum atomic E-state index is 14.7. The van der Waals surface area contributed by atoms with Gasteiger partial charge in [-0.05, 0) is 13.0 Å². The van der Waals surface area contributed by atoms with Crippen molar-refractivity contribution in [3.8, 4) is 0 Å². The zero-order valence-electron chi connectivity index (χ0n) is 75.3. The van der Waals surface area contributed by atoms with Gasteiger partial charge in [-0.1, -0.05) is 0 Å². The number of nitrogens with one attached hydrogen (secondary N) is 4. The first-order valence-electron chi connectivity index (χ1n) is 43.6. The summed E-state index contributed by atoms with van der Waals surface area (Å²) in [6.07, 6.45) is -26.9. The van der Waals surface area contributed by atoms with Crippen LogP contribution in [0.5, 0.6) is 0 Å². The summed E-state index contributed by atoms with van der Waals surface area (Å²) in [5.74, 6) is -1.51. The van der Waals surface area contributed by atoms with Crippen LogP contribution in [0.3, 0.4) is 0 Å². The number of aliphatic hydroxyl groups is 1. The molecule has 12 aromatic rings. The molecule has 0 amide bonds. The number of ether oxygens (including phenoxy) is 7. The molecule has 0 bridgehead atoms. The first-order valence-corrected chi connectivity index (χ1v) is 54.1. The summed E-state index contributed by atoms with van der Waals surface area (Å²) in [4.78, 5) is 228. The highest BCUT2D eigenvalue weighted by molar-refractivity contribution is 7.49. The number of anilines is 6. The van der Waals surface area contributed by atoms with Crippen LogP contribution in [-0.2, 0) is 124 Å². The van der Waals surface area contributed by atoms with Crippen LogP contribution in [0.25, 0.3) is 55.8 Å². The Labute approximate surface area is 819 Å². The molecule has 19 rings (SSSR count). The summed E-state index contributed by atoms with van der Waals surface area (Å²) in [5.41, 5.74) is 29.2. The molecule has 0 spiro atoms. The lowest BCUT2D eigenvalue weighted by molar-refractivity contribution is -0.0647. The predicted octanol–water partition coefficient (Wildman–Crippen LogP) is -2.83. The van der Waals surface area contributed by atoms with Crippen LogP contribution in [0.2, 0.25) is 0 Å². The zero-order valence-corrected chi connectivity index (χ0v) is 81.6. The largest absolute Gasteiger partial charge is 0.472 e. The van der Waals surface area contributed by atoms with E-state index in [1.54, 1.807) is 0 Å². The number of hydrogen-bond donors (Lipinski definition) is 19. The molecule has 7 fully saturated rings. The molecule has 7 saturated heterocycles. The van der Waals surface area contributed by atoms with Crippen molar-refractivity contribution in [3.05, 3.63) is 131 Å². The van der Waals surface area contributed by atoms with Crippen LogP contribution in [-0.4, -0.2) is 293 Å². The fourth-order valence-electron chi connectivity index (χ4n) is 17.3. The van der Waals surface area contributed by atoms with Crippen molar-refractivity contribution in [2.45, 2.75) is 181 Å². The first kappa shape index (κ1) is 105. The number of aromatic nitrogens is 24. The quantitative estimate of drug-likeness (QED) is 0.0172. The standard InChI is InChI=1S/C69H87N30O42P7/c1-26-11-94(69(106)92-61(26)101)44-6-29(37(131-44)15-125-145(114,115)138-30-9-47(132-35(30)13-122-142(107,108)109)98-24-83-52-59(98)87-66(74)90-63(52)103)137-144(112,113)126-16-38-31(7-45(133-38)95-21-80-49-54(71)76-19-78-56(49)95)139-147(118,119)127-17-39-32(8-46(134-39)96-22-81-50-55(72)77-20-79-57(50)96)140-148(120,121)128-18-40-33(10-48(135-40)99-25-84-53-60(99)88-67(75)91-64(53)104)141-146(116,117)124-14-36-28(5-43(130-36)93-3-2-41(70)85-68(93)105)136-143(110,111)123-12-34-27(100)4-42(129-34)97-23-82-51-58(97)86-65(73)89-62(51)102/h2-3,11,19-25,27-40,42-48,100H,4-10,12-18H2,1H3,(H,110,111)(H,112,113)(H,114,115)(H,116,117)(H,118,119)(H,120,121)(H2,70,85,105)(H2,71,76,78)(H2,72,77,79)(H,92,101,106)(H2,107,108,109)(H3,73,86,89,102)(H3,74,87,90,103)(H3,75,88,91,104)/t27-,28-,29-,30-,31-,32-,33-,34+,35+,36+,37+,38+,39+,40+,42+,43+,44+,45+,46+,47+,48+/m0/s1. The minimum absolute atomic E-state index is 0.00833. The van der Waals surface area contributed by atoms with E-state index in [1.165, 1.54) is 45.7 Å². The van der Waals surface area contributed by atoms with E-state index < -0.39 is 308 Å². The summed E-state index contributed by atoms with van der Waals surface area (Å²) < 4.78 is 221. The SMILES string of the molecule is Cc1cn([C@H]2C[C@H](OP(=O)(O)OC[C@H]3O[C@@H](n4cnc5c(N)ncnc54)C[C@@H]3OP(=O)(O)OC[C@H]3O[C@@H](n4cnc5c(N)ncnc54)C[C@@H]3OP(=O)(O)OC[C@H]3O[C@@H](n4cnc5c(=O)[nH]c(N)nc54)C[C@@H]3OP(=O)(O)OC[C@H]3O[C@@H](n4ccc(N)nc4=O)C[C@@H]3OP(=O)(O)OC[C@H]3O[C@@H](n4cnc5c(=O)[nH]c(N)nc54)C[C@@H]3O)[C@@H](COP(=O)(O)O[C@H]3C[C@H](n4cnc5c(=O)[nH]c(N)nc54)O[C@@H]3COP(=O)(O)O)O2)c(=O)[nH]c1=O. The number of aryl methyl sites for hydroxylation is 1. The van der Waals surface area contributed by atoms with Gasteiger partial charge in [-0.25, -0.2) is 86.4 Å².